The fourth-order valence-corrected chi connectivity index (χ4v) is 2.56. The number of rotatable bonds is 4. The third-order valence-electron chi connectivity index (χ3n) is 1.64. The minimum atomic E-state index is -0.0200. The molecule has 0 amide bonds. The molecule has 0 spiro atoms. The molecule has 0 aliphatic rings. The van der Waals surface area contributed by atoms with Crippen molar-refractivity contribution in [3.63, 3.8) is 0 Å². The Balaban J connectivity index is 2.19. The van der Waals surface area contributed by atoms with Gasteiger partial charge in [-0.15, -0.1) is 0 Å². The Hall–Kier alpha value is -1.48. The zero-order chi connectivity index (χ0) is 13.1. The lowest BCUT2D eigenvalue weighted by molar-refractivity contribution is 0.219. The van der Waals surface area contributed by atoms with Crippen molar-refractivity contribution in [3.05, 3.63) is 5.82 Å². The molecule has 0 saturated carbocycles. The number of aromatic nitrogens is 5. The summed E-state index contributed by atoms with van der Waals surface area (Å²) in [7, 11) is 0. The topological polar surface area (TPSA) is 99.7 Å². The van der Waals surface area contributed by atoms with Gasteiger partial charge in [0.05, 0.1) is 6.10 Å². The first-order valence-corrected chi connectivity index (χ1v) is 6.78. The summed E-state index contributed by atoms with van der Waals surface area (Å²) in [4.78, 5) is 16.3. The van der Waals surface area contributed by atoms with Gasteiger partial charge < -0.3 is 10.5 Å². The molecule has 2 aromatic heterocycles. The van der Waals surface area contributed by atoms with Crippen molar-refractivity contribution < 1.29 is 4.74 Å². The highest BCUT2D eigenvalue weighted by Gasteiger charge is 2.11. The molecule has 2 rings (SSSR count). The molecule has 0 radical (unpaired) electrons. The Morgan fingerprint density at radius 3 is 2.61 bits per heavy atom. The van der Waals surface area contributed by atoms with E-state index in [2.05, 4.69) is 24.3 Å². The number of hydrogen-bond acceptors (Lipinski definition) is 9. The Morgan fingerprint density at radius 1 is 1.22 bits per heavy atom. The SMILES string of the molecule is Cc1nsc(Sc2nc(N)nc(OC(C)C)n2)n1. The maximum absolute atomic E-state index is 5.61. The van der Waals surface area contributed by atoms with Gasteiger partial charge in [-0.25, -0.2) is 4.98 Å². The molecular formula is C9H12N6OS2. The normalized spacial score (nSPS) is 10.9. The summed E-state index contributed by atoms with van der Waals surface area (Å²) in [6.45, 7) is 5.61. The Labute approximate surface area is 112 Å². The summed E-state index contributed by atoms with van der Waals surface area (Å²) in [6.07, 6.45) is -0.0200. The third-order valence-corrected chi connectivity index (χ3v) is 3.35. The van der Waals surface area contributed by atoms with Crippen molar-refractivity contribution >= 4 is 29.2 Å². The van der Waals surface area contributed by atoms with E-state index < -0.39 is 0 Å². The van der Waals surface area contributed by atoms with E-state index in [4.69, 9.17) is 10.5 Å². The van der Waals surface area contributed by atoms with Crippen LogP contribution in [0.3, 0.4) is 0 Å². The van der Waals surface area contributed by atoms with Gasteiger partial charge in [-0.3, -0.25) is 0 Å². The molecule has 0 atom stereocenters. The van der Waals surface area contributed by atoms with E-state index in [-0.39, 0.29) is 18.1 Å². The van der Waals surface area contributed by atoms with Crippen LogP contribution in [0.1, 0.15) is 19.7 Å². The highest BCUT2D eigenvalue weighted by Crippen LogP contribution is 2.27. The number of aryl methyl sites for hydroxylation is 1. The number of anilines is 1. The first-order chi connectivity index (χ1) is 8.52. The van der Waals surface area contributed by atoms with Gasteiger partial charge in [0.2, 0.25) is 11.1 Å². The van der Waals surface area contributed by atoms with Gasteiger partial charge in [-0.2, -0.15) is 19.3 Å². The van der Waals surface area contributed by atoms with Gasteiger partial charge in [-0.05, 0) is 44.1 Å². The molecule has 0 aliphatic heterocycles. The zero-order valence-electron chi connectivity index (χ0n) is 10.1. The molecule has 0 aliphatic carbocycles. The van der Waals surface area contributed by atoms with Gasteiger partial charge in [0, 0.05) is 0 Å². The molecule has 0 bridgehead atoms. The minimum Gasteiger partial charge on any atom is -0.461 e. The molecule has 9 heteroatoms. The van der Waals surface area contributed by atoms with Crippen LogP contribution in [0.5, 0.6) is 6.01 Å². The Kier molecular flexibility index (Phi) is 3.92. The van der Waals surface area contributed by atoms with Gasteiger partial charge >= 0.3 is 6.01 Å². The van der Waals surface area contributed by atoms with Crippen LogP contribution in [0.25, 0.3) is 0 Å². The average Bonchev–Trinajstić information content (AvgIpc) is 2.61. The first-order valence-electron chi connectivity index (χ1n) is 5.19. The van der Waals surface area contributed by atoms with Crippen molar-refractivity contribution in [3.8, 4) is 6.01 Å². The second-order valence-electron chi connectivity index (χ2n) is 3.63. The van der Waals surface area contributed by atoms with Gasteiger partial charge in [-0.1, -0.05) is 0 Å². The number of nitrogens with two attached hydrogens (primary N) is 1. The van der Waals surface area contributed by atoms with Gasteiger partial charge in [0.15, 0.2) is 4.34 Å². The van der Waals surface area contributed by atoms with Crippen molar-refractivity contribution in [1.29, 1.82) is 0 Å². The molecular weight excluding hydrogens is 272 g/mol. The molecule has 7 nitrogen and oxygen atoms in total. The Bertz CT molecular complexity index is 544. The second kappa shape index (κ2) is 5.44. The molecule has 2 heterocycles. The lowest BCUT2D eigenvalue weighted by Gasteiger charge is -2.08. The molecule has 2 N–H and O–H groups in total. The van der Waals surface area contributed by atoms with Crippen LogP contribution in [0, 0.1) is 6.92 Å². The van der Waals surface area contributed by atoms with Crippen LogP contribution in [0.4, 0.5) is 5.95 Å². The van der Waals surface area contributed by atoms with Gasteiger partial charge in [0.25, 0.3) is 0 Å². The van der Waals surface area contributed by atoms with Crippen LogP contribution in [0.15, 0.2) is 9.50 Å². The lowest BCUT2D eigenvalue weighted by Crippen LogP contribution is -2.10. The average molecular weight is 284 g/mol. The van der Waals surface area contributed by atoms with E-state index in [9.17, 15) is 0 Å². The molecule has 0 fully saturated rings. The highest BCUT2D eigenvalue weighted by atomic mass is 32.2. The summed E-state index contributed by atoms with van der Waals surface area (Å²) in [5.74, 6) is 0.854. The molecule has 2 aromatic rings. The Morgan fingerprint density at radius 2 is 2.00 bits per heavy atom. The highest BCUT2D eigenvalue weighted by molar-refractivity contribution is 8.00. The fourth-order valence-electron chi connectivity index (χ4n) is 1.06. The quantitative estimate of drug-likeness (QED) is 0.902. The largest absolute Gasteiger partial charge is 0.461 e. The molecule has 96 valence electrons. The van der Waals surface area contributed by atoms with Crippen LogP contribution in [0.2, 0.25) is 0 Å². The second-order valence-corrected chi connectivity index (χ2v) is 5.60. The summed E-state index contributed by atoms with van der Waals surface area (Å²) in [5.41, 5.74) is 5.61. The summed E-state index contributed by atoms with van der Waals surface area (Å²) in [6, 6.07) is 0.223. The van der Waals surface area contributed by atoms with E-state index >= 15 is 0 Å². The fraction of sp³-hybridized carbons (Fsp3) is 0.444. The van der Waals surface area contributed by atoms with E-state index in [1.54, 1.807) is 0 Å². The minimum absolute atomic E-state index is 0.0200. The molecule has 0 saturated heterocycles. The van der Waals surface area contributed by atoms with Crippen molar-refractivity contribution in [2.24, 2.45) is 0 Å². The number of ether oxygens (including phenoxy) is 1. The predicted molar refractivity (Wildman–Crippen MR) is 68.8 cm³/mol. The maximum atomic E-state index is 5.61. The van der Waals surface area contributed by atoms with Gasteiger partial charge in [0.1, 0.15) is 5.82 Å². The predicted octanol–water partition coefficient (Wildman–Crippen LogP) is 1.55. The van der Waals surface area contributed by atoms with E-state index in [1.807, 2.05) is 20.8 Å². The monoisotopic (exact) mass is 284 g/mol. The van der Waals surface area contributed by atoms with Crippen LogP contribution < -0.4 is 10.5 Å². The third kappa shape index (κ3) is 3.50. The van der Waals surface area contributed by atoms with E-state index in [1.165, 1.54) is 23.3 Å². The smallest absolute Gasteiger partial charge is 0.322 e. The summed E-state index contributed by atoms with van der Waals surface area (Å²) in [5, 5.41) is 0.453. The van der Waals surface area contributed by atoms with Crippen molar-refractivity contribution in [2.75, 3.05) is 5.73 Å². The number of nitrogens with zero attached hydrogens (tertiary/aromatic N) is 5. The molecule has 18 heavy (non-hydrogen) atoms. The van der Waals surface area contributed by atoms with Crippen molar-refractivity contribution in [2.45, 2.75) is 36.4 Å². The van der Waals surface area contributed by atoms with Crippen molar-refractivity contribution in [1.82, 2.24) is 24.3 Å². The van der Waals surface area contributed by atoms with E-state index in [0.717, 1.165) is 10.2 Å². The lowest BCUT2D eigenvalue weighted by atomic mass is 10.5. The zero-order valence-corrected chi connectivity index (χ0v) is 11.7. The van der Waals surface area contributed by atoms with Crippen LogP contribution in [-0.2, 0) is 0 Å². The van der Waals surface area contributed by atoms with Crippen LogP contribution >= 0.6 is 23.3 Å². The summed E-state index contributed by atoms with van der Waals surface area (Å²) < 4.78 is 10.2. The molecule has 0 unspecified atom stereocenters. The summed E-state index contributed by atoms with van der Waals surface area (Å²) >= 11 is 2.58. The number of hydrogen-bond donors (Lipinski definition) is 1. The van der Waals surface area contributed by atoms with E-state index in [0.29, 0.717) is 5.16 Å². The standard InChI is InChI=1S/C9H12N6OS2/c1-4(2)16-7-12-6(10)13-8(14-7)17-9-11-5(3)15-18-9/h4H,1-3H3,(H2,10,12,13,14). The maximum Gasteiger partial charge on any atom is 0.322 e. The number of nitrogen functional groups attached to an aromatic ring is 1. The first kappa shape index (κ1) is 13.0. The molecule has 0 aromatic carbocycles. The van der Waals surface area contributed by atoms with Crippen LogP contribution in [-0.4, -0.2) is 30.4 Å².